The molecule has 2 aliphatic rings. The van der Waals surface area contributed by atoms with Gasteiger partial charge in [-0.2, -0.15) is 0 Å². The van der Waals surface area contributed by atoms with Crippen LogP contribution in [0.1, 0.15) is 36.3 Å². The van der Waals surface area contributed by atoms with Gasteiger partial charge in [0.05, 0.1) is 18.4 Å². The Morgan fingerprint density at radius 1 is 1.10 bits per heavy atom. The maximum atomic E-state index is 13.5. The number of carbonyl (C=O) groups excluding carboxylic acids is 1. The van der Waals surface area contributed by atoms with E-state index in [1.807, 2.05) is 30.3 Å². The van der Waals surface area contributed by atoms with Crippen LogP contribution < -0.4 is 15.6 Å². The lowest BCUT2D eigenvalue weighted by Gasteiger charge is -2.31. The largest absolute Gasteiger partial charge is 0.504 e. The molecule has 5 rings (SSSR count). The van der Waals surface area contributed by atoms with Gasteiger partial charge < -0.3 is 15.2 Å². The number of Topliss-reactive ketones (excluding diaryl/α,β-unsaturated/α-hetero) is 1. The Labute approximate surface area is 172 Å². The molecule has 0 amide bonds. The molecule has 0 radical (unpaired) electrons. The van der Waals surface area contributed by atoms with Crippen molar-refractivity contribution in [3.8, 4) is 17.2 Å². The number of phenols is 1. The summed E-state index contributed by atoms with van der Waals surface area (Å²) in [4.78, 5) is 26.4. The molecule has 1 atom stereocenters. The molecule has 30 heavy (non-hydrogen) atoms. The first-order valence-corrected chi connectivity index (χ1v) is 9.89. The van der Waals surface area contributed by atoms with Gasteiger partial charge in [0.15, 0.2) is 17.3 Å². The van der Waals surface area contributed by atoms with Crippen LogP contribution in [0.5, 0.6) is 11.5 Å². The van der Waals surface area contributed by atoms with Crippen molar-refractivity contribution in [3.63, 3.8) is 0 Å². The highest BCUT2D eigenvalue weighted by atomic mass is 16.5. The number of aromatic amines is 1. The van der Waals surface area contributed by atoms with Gasteiger partial charge >= 0.3 is 0 Å². The number of aromatic hydroxyl groups is 1. The molecule has 1 aliphatic carbocycles. The molecule has 7 heteroatoms. The highest BCUT2D eigenvalue weighted by Crippen LogP contribution is 2.45. The molecule has 0 saturated carbocycles. The second-order valence-corrected chi connectivity index (χ2v) is 7.53. The molecule has 1 unspecified atom stereocenters. The number of ether oxygens (including phenoxy) is 1. The van der Waals surface area contributed by atoms with E-state index in [4.69, 9.17) is 4.74 Å². The van der Waals surface area contributed by atoms with E-state index >= 15 is 0 Å². The van der Waals surface area contributed by atoms with Crippen LogP contribution in [0.3, 0.4) is 0 Å². The van der Waals surface area contributed by atoms with Gasteiger partial charge in [-0.05, 0) is 42.7 Å². The Hall–Kier alpha value is -3.74. The number of fused-ring (bicyclic) bond motifs is 1. The highest BCUT2D eigenvalue weighted by Gasteiger charge is 2.39. The van der Waals surface area contributed by atoms with Crippen molar-refractivity contribution in [2.45, 2.75) is 25.2 Å². The molecule has 0 bridgehead atoms. The molecule has 1 aromatic heterocycles. The van der Waals surface area contributed by atoms with Gasteiger partial charge in [0.1, 0.15) is 5.82 Å². The first kappa shape index (κ1) is 18.3. The molecule has 3 aromatic rings. The molecule has 0 fully saturated rings. The minimum Gasteiger partial charge on any atom is -0.504 e. The minimum atomic E-state index is -0.561. The van der Waals surface area contributed by atoms with Gasteiger partial charge in [0, 0.05) is 23.6 Å². The molecule has 3 N–H and O–H groups in total. The van der Waals surface area contributed by atoms with Gasteiger partial charge in [-0.3, -0.25) is 14.7 Å². The van der Waals surface area contributed by atoms with Crippen LogP contribution in [0.4, 0.5) is 5.82 Å². The lowest BCUT2D eigenvalue weighted by molar-refractivity contribution is -0.116. The first-order valence-electron chi connectivity index (χ1n) is 9.89. The fourth-order valence-electron chi connectivity index (χ4n) is 4.42. The quantitative estimate of drug-likeness (QED) is 0.623. The zero-order valence-electron chi connectivity index (χ0n) is 16.4. The summed E-state index contributed by atoms with van der Waals surface area (Å²) in [6.07, 6.45) is 1.95. The van der Waals surface area contributed by atoms with Crippen molar-refractivity contribution in [1.29, 1.82) is 0 Å². The number of carbonyl (C=O) groups is 1. The fourth-order valence-corrected chi connectivity index (χ4v) is 4.42. The van der Waals surface area contributed by atoms with E-state index in [2.05, 4.69) is 10.4 Å². The molecule has 152 valence electrons. The maximum Gasteiger partial charge on any atom is 0.277 e. The monoisotopic (exact) mass is 403 g/mol. The van der Waals surface area contributed by atoms with E-state index in [0.29, 0.717) is 40.4 Å². The minimum absolute atomic E-state index is 0.0283. The van der Waals surface area contributed by atoms with Crippen LogP contribution >= 0.6 is 0 Å². The normalized spacial score (nSPS) is 17.9. The number of para-hydroxylation sites is 1. The third-order valence-electron chi connectivity index (χ3n) is 5.79. The van der Waals surface area contributed by atoms with Gasteiger partial charge in [-0.25, -0.2) is 4.68 Å². The lowest BCUT2D eigenvalue weighted by atomic mass is 9.77. The zero-order chi connectivity index (χ0) is 20.8. The SMILES string of the molecule is COc1ccc(C2C3=C(CCCC3=O)Nc3[nH]n(-c4ccccc4)c(=O)c32)cc1O. The second kappa shape index (κ2) is 6.95. The van der Waals surface area contributed by atoms with Gasteiger partial charge in [0.2, 0.25) is 0 Å². The van der Waals surface area contributed by atoms with Crippen molar-refractivity contribution < 1.29 is 14.6 Å². The summed E-state index contributed by atoms with van der Waals surface area (Å²) < 4.78 is 6.64. The Kier molecular flexibility index (Phi) is 4.24. The van der Waals surface area contributed by atoms with Gasteiger partial charge in [-0.15, -0.1) is 0 Å². The summed E-state index contributed by atoms with van der Waals surface area (Å²) in [6.45, 7) is 0. The van der Waals surface area contributed by atoms with Gasteiger partial charge in [0.25, 0.3) is 5.56 Å². The van der Waals surface area contributed by atoms with Crippen molar-refractivity contribution in [2.24, 2.45) is 0 Å². The number of methoxy groups -OCH3 is 1. The van der Waals surface area contributed by atoms with E-state index < -0.39 is 5.92 Å². The van der Waals surface area contributed by atoms with Crippen molar-refractivity contribution in [3.05, 3.63) is 81.3 Å². The van der Waals surface area contributed by atoms with E-state index in [1.165, 1.54) is 11.8 Å². The average Bonchev–Trinajstić information content (AvgIpc) is 3.09. The van der Waals surface area contributed by atoms with E-state index in [9.17, 15) is 14.7 Å². The number of aromatic nitrogens is 2. The number of hydrogen-bond acceptors (Lipinski definition) is 5. The van der Waals surface area contributed by atoms with E-state index in [1.54, 1.807) is 18.2 Å². The lowest BCUT2D eigenvalue weighted by Crippen LogP contribution is -2.29. The standard InChI is InChI=1S/C23H21N3O4/c1-30-18-11-10-13(12-17(18)28)19-20-15(8-5-9-16(20)27)24-22-21(19)23(29)26(25-22)14-6-3-2-4-7-14/h2-4,6-7,10-12,19,24-25,28H,5,8-9H2,1H3. The summed E-state index contributed by atoms with van der Waals surface area (Å²) in [5.74, 6) is 0.362. The molecule has 0 saturated heterocycles. The van der Waals surface area contributed by atoms with Crippen LogP contribution in [0.15, 0.2) is 64.6 Å². The third-order valence-corrected chi connectivity index (χ3v) is 5.79. The Balaban J connectivity index is 1.74. The third kappa shape index (κ3) is 2.74. The first-order chi connectivity index (χ1) is 14.6. The Bertz CT molecular complexity index is 1240. The van der Waals surface area contributed by atoms with Crippen LogP contribution in [0.25, 0.3) is 5.69 Å². The fraction of sp³-hybridized carbons (Fsp3) is 0.217. The number of nitrogens with one attached hydrogen (secondary N) is 2. The predicted molar refractivity (Wildman–Crippen MR) is 112 cm³/mol. The summed E-state index contributed by atoms with van der Waals surface area (Å²) in [5, 5.41) is 16.8. The number of anilines is 1. The molecule has 1 aliphatic heterocycles. The number of allylic oxidation sites excluding steroid dienone is 2. The number of ketones is 1. The molecular formula is C23H21N3O4. The van der Waals surface area contributed by atoms with Gasteiger partial charge in [-0.1, -0.05) is 24.3 Å². The van der Waals surface area contributed by atoms with Crippen LogP contribution in [-0.4, -0.2) is 27.8 Å². The van der Waals surface area contributed by atoms with Crippen molar-refractivity contribution in [2.75, 3.05) is 12.4 Å². The summed E-state index contributed by atoms with van der Waals surface area (Å²) in [6, 6.07) is 14.3. The number of nitrogens with zero attached hydrogens (tertiary/aromatic N) is 1. The number of phenolic OH excluding ortho intramolecular Hbond substituents is 1. The molecule has 0 spiro atoms. The Morgan fingerprint density at radius 3 is 2.63 bits per heavy atom. The molecule has 7 nitrogen and oxygen atoms in total. The second-order valence-electron chi connectivity index (χ2n) is 7.53. The van der Waals surface area contributed by atoms with Crippen molar-refractivity contribution in [1.82, 2.24) is 9.78 Å². The Morgan fingerprint density at radius 2 is 1.90 bits per heavy atom. The zero-order valence-corrected chi connectivity index (χ0v) is 16.4. The van der Waals surface area contributed by atoms with E-state index in [-0.39, 0.29) is 17.1 Å². The van der Waals surface area contributed by atoms with Crippen LogP contribution in [0, 0.1) is 0 Å². The van der Waals surface area contributed by atoms with Crippen LogP contribution in [-0.2, 0) is 4.79 Å². The summed E-state index contributed by atoms with van der Waals surface area (Å²) in [7, 11) is 1.48. The summed E-state index contributed by atoms with van der Waals surface area (Å²) >= 11 is 0. The molecular weight excluding hydrogens is 382 g/mol. The number of hydrogen-bond donors (Lipinski definition) is 3. The predicted octanol–water partition coefficient (Wildman–Crippen LogP) is 3.44. The topological polar surface area (TPSA) is 96.4 Å². The molecule has 2 aromatic carbocycles. The number of rotatable bonds is 3. The van der Waals surface area contributed by atoms with E-state index in [0.717, 1.165) is 18.5 Å². The summed E-state index contributed by atoms with van der Waals surface area (Å²) in [5.41, 5.74) is 3.07. The average molecular weight is 403 g/mol. The van der Waals surface area contributed by atoms with Crippen molar-refractivity contribution >= 4 is 11.6 Å². The number of H-pyrrole nitrogens is 1. The number of benzene rings is 2. The highest BCUT2D eigenvalue weighted by molar-refractivity contribution is 6.01. The smallest absolute Gasteiger partial charge is 0.277 e. The molecule has 2 heterocycles. The van der Waals surface area contributed by atoms with Crippen LogP contribution in [0.2, 0.25) is 0 Å². The maximum absolute atomic E-state index is 13.5.